The molecule has 0 bridgehead atoms. The third-order valence-corrected chi connectivity index (χ3v) is 3.73. The number of pyridine rings is 2. The standard InChI is InChI=1S/C19H13N5O/c25-19(24-17-12-21-9-10-22-17)15-5-1-3-13-6-7-16(23-18(13)15)14-4-2-8-20-11-14/h1-12H,(H,22,24,25). The van der Waals surface area contributed by atoms with Crippen LogP contribution in [-0.2, 0) is 0 Å². The molecule has 0 aliphatic rings. The van der Waals surface area contributed by atoms with Crippen molar-refractivity contribution < 1.29 is 4.79 Å². The third-order valence-electron chi connectivity index (χ3n) is 3.73. The van der Waals surface area contributed by atoms with Crippen LogP contribution in [-0.4, -0.2) is 25.8 Å². The van der Waals surface area contributed by atoms with Crippen LogP contribution in [0, 0.1) is 0 Å². The van der Waals surface area contributed by atoms with E-state index in [0.717, 1.165) is 16.6 Å². The van der Waals surface area contributed by atoms with Gasteiger partial charge in [0.15, 0.2) is 5.82 Å². The number of aromatic nitrogens is 4. The molecule has 0 saturated carbocycles. The van der Waals surface area contributed by atoms with Crippen molar-refractivity contribution in [2.75, 3.05) is 5.32 Å². The molecule has 1 amide bonds. The smallest absolute Gasteiger partial charge is 0.259 e. The molecule has 0 atom stereocenters. The Bertz CT molecular complexity index is 1040. The summed E-state index contributed by atoms with van der Waals surface area (Å²) in [5, 5.41) is 3.63. The molecule has 1 N–H and O–H groups in total. The van der Waals surface area contributed by atoms with Gasteiger partial charge in [-0.25, -0.2) is 9.97 Å². The summed E-state index contributed by atoms with van der Waals surface area (Å²) in [6.07, 6.45) is 8.03. The molecule has 6 nitrogen and oxygen atoms in total. The SMILES string of the molecule is O=C(Nc1cnccn1)c1cccc2ccc(-c3cccnc3)nc12. The van der Waals surface area contributed by atoms with Crippen LogP contribution in [0.25, 0.3) is 22.2 Å². The lowest BCUT2D eigenvalue weighted by molar-refractivity contribution is 0.102. The second kappa shape index (κ2) is 6.45. The molecular formula is C19H13N5O. The van der Waals surface area contributed by atoms with Gasteiger partial charge in [-0.15, -0.1) is 0 Å². The van der Waals surface area contributed by atoms with Crippen molar-refractivity contribution in [3.05, 3.63) is 79.0 Å². The largest absolute Gasteiger partial charge is 0.305 e. The fraction of sp³-hybridized carbons (Fsp3) is 0. The van der Waals surface area contributed by atoms with E-state index < -0.39 is 0 Å². The highest BCUT2D eigenvalue weighted by atomic mass is 16.1. The van der Waals surface area contributed by atoms with Crippen LogP contribution >= 0.6 is 0 Å². The Morgan fingerprint density at radius 1 is 0.880 bits per heavy atom. The van der Waals surface area contributed by atoms with Gasteiger partial charge in [0.1, 0.15) is 0 Å². The predicted molar refractivity (Wildman–Crippen MR) is 95.0 cm³/mol. The molecule has 0 radical (unpaired) electrons. The number of hydrogen-bond acceptors (Lipinski definition) is 5. The minimum Gasteiger partial charge on any atom is -0.305 e. The highest BCUT2D eigenvalue weighted by Gasteiger charge is 2.13. The fourth-order valence-corrected chi connectivity index (χ4v) is 2.55. The Kier molecular flexibility index (Phi) is 3.84. The zero-order valence-electron chi connectivity index (χ0n) is 13.1. The topological polar surface area (TPSA) is 80.7 Å². The van der Waals surface area contributed by atoms with E-state index in [2.05, 4.69) is 25.3 Å². The first-order valence-electron chi connectivity index (χ1n) is 7.69. The van der Waals surface area contributed by atoms with Crippen molar-refractivity contribution >= 4 is 22.6 Å². The van der Waals surface area contributed by atoms with E-state index in [0.29, 0.717) is 16.9 Å². The minimum absolute atomic E-state index is 0.276. The highest BCUT2D eigenvalue weighted by Crippen LogP contribution is 2.23. The van der Waals surface area contributed by atoms with Gasteiger partial charge in [0.25, 0.3) is 5.91 Å². The lowest BCUT2D eigenvalue weighted by atomic mass is 10.1. The van der Waals surface area contributed by atoms with Gasteiger partial charge in [-0.1, -0.05) is 18.2 Å². The number of carbonyl (C=O) groups is 1. The molecule has 0 spiro atoms. The second-order valence-electron chi connectivity index (χ2n) is 5.36. The second-order valence-corrected chi connectivity index (χ2v) is 5.36. The van der Waals surface area contributed by atoms with Crippen molar-refractivity contribution in [2.24, 2.45) is 0 Å². The van der Waals surface area contributed by atoms with Crippen LogP contribution in [0.1, 0.15) is 10.4 Å². The van der Waals surface area contributed by atoms with E-state index in [4.69, 9.17) is 0 Å². The molecule has 1 aromatic carbocycles. The van der Waals surface area contributed by atoms with Crippen LogP contribution < -0.4 is 5.32 Å². The number of benzene rings is 1. The zero-order valence-corrected chi connectivity index (χ0v) is 13.1. The Hall–Kier alpha value is -3.67. The van der Waals surface area contributed by atoms with Gasteiger partial charge in [0.05, 0.1) is 23.0 Å². The molecule has 3 aromatic heterocycles. The van der Waals surface area contributed by atoms with Gasteiger partial charge in [-0.2, -0.15) is 0 Å². The van der Waals surface area contributed by atoms with Crippen LogP contribution in [0.2, 0.25) is 0 Å². The molecule has 4 rings (SSSR count). The molecule has 0 unspecified atom stereocenters. The first-order chi connectivity index (χ1) is 12.3. The molecule has 25 heavy (non-hydrogen) atoms. The summed E-state index contributed by atoms with van der Waals surface area (Å²) in [4.78, 5) is 29.4. The van der Waals surface area contributed by atoms with Gasteiger partial charge in [-0.3, -0.25) is 14.8 Å². The zero-order chi connectivity index (χ0) is 17.1. The van der Waals surface area contributed by atoms with Crippen molar-refractivity contribution in [2.45, 2.75) is 0 Å². The fourth-order valence-electron chi connectivity index (χ4n) is 2.55. The summed E-state index contributed by atoms with van der Waals surface area (Å²) in [6.45, 7) is 0. The van der Waals surface area contributed by atoms with Crippen molar-refractivity contribution in [1.29, 1.82) is 0 Å². The van der Waals surface area contributed by atoms with Gasteiger partial charge in [-0.05, 0) is 24.3 Å². The van der Waals surface area contributed by atoms with Crippen LogP contribution in [0.15, 0.2) is 73.4 Å². The average Bonchev–Trinajstić information content (AvgIpc) is 2.68. The summed E-state index contributed by atoms with van der Waals surface area (Å²) in [5.41, 5.74) is 2.77. The van der Waals surface area contributed by atoms with Crippen molar-refractivity contribution in [3.8, 4) is 11.3 Å². The summed E-state index contributed by atoms with van der Waals surface area (Å²) in [7, 11) is 0. The molecule has 6 heteroatoms. The monoisotopic (exact) mass is 327 g/mol. The Labute approximate surface area is 143 Å². The number of amides is 1. The first kappa shape index (κ1) is 14.9. The average molecular weight is 327 g/mol. The molecule has 4 aromatic rings. The molecule has 0 fully saturated rings. The van der Waals surface area contributed by atoms with Crippen LogP contribution in [0.3, 0.4) is 0 Å². The molecule has 0 aliphatic heterocycles. The summed E-state index contributed by atoms with van der Waals surface area (Å²) < 4.78 is 0. The number of nitrogens with one attached hydrogen (secondary N) is 1. The van der Waals surface area contributed by atoms with Gasteiger partial charge >= 0.3 is 0 Å². The van der Waals surface area contributed by atoms with E-state index in [-0.39, 0.29) is 5.91 Å². The Morgan fingerprint density at radius 3 is 2.60 bits per heavy atom. The highest BCUT2D eigenvalue weighted by molar-refractivity contribution is 6.11. The number of hydrogen-bond donors (Lipinski definition) is 1. The number of para-hydroxylation sites is 1. The summed E-state index contributed by atoms with van der Waals surface area (Å²) >= 11 is 0. The molecular weight excluding hydrogens is 314 g/mol. The summed E-state index contributed by atoms with van der Waals surface area (Å²) in [5.74, 6) is 0.120. The van der Waals surface area contributed by atoms with Gasteiger partial charge in [0, 0.05) is 35.7 Å². The molecule has 3 heterocycles. The minimum atomic E-state index is -0.276. The maximum atomic E-state index is 12.6. The number of fused-ring (bicyclic) bond motifs is 1. The predicted octanol–water partition coefficient (Wildman–Crippen LogP) is 3.34. The lowest BCUT2D eigenvalue weighted by Gasteiger charge is -2.08. The Balaban J connectivity index is 1.77. The Morgan fingerprint density at radius 2 is 1.80 bits per heavy atom. The maximum Gasteiger partial charge on any atom is 0.259 e. The quantitative estimate of drug-likeness (QED) is 0.624. The molecule has 0 saturated heterocycles. The number of carbonyl (C=O) groups excluding carboxylic acids is 1. The molecule has 0 aliphatic carbocycles. The van der Waals surface area contributed by atoms with E-state index in [1.165, 1.54) is 12.4 Å². The normalized spacial score (nSPS) is 10.6. The van der Waals surface area contributed by atoms with E-state index >= 15 is 0 Å². The summed E-state index contributed by atoms with van der Waals surface area (Å²) in [6, 6.07) is 13.2. The van der Waals surface area contributed by atoms with Gasteiger partial charge in [0.2, 0.25) is 0 Å². The van der Waals surface area contributed by atoms with E-state index in [1.54, 1.807) is 24.7 Å². The van der Waals surface area contributed by atoms with E-state index in [9.17, 15) is 4.79 Å². The maximum absolute atomic E-state index is 12.6. The van der Waals surface area contributed by atoms with Crippen LogP contribution in [0.4, 0.5) is 5.82 Å². The number of rotatable bonds is 3. The van der Waals surface area contributed by atoms with E-state index in [1.807, 2.05) is 36.4 Å². The van der Waals surface area contributed by atoms with Gasteiger partial charge < -0.3 is 5.32 Å². The molecule has 120 valence electrons. The van der Waals surface area contributed by atoms with Crippen molar-refractivity contribution in [3.63, 3.8) is 0 Å². The third kappa shape index (κ3) is 3.05. The lowest BCUT2D eigenvalue weighted by Crippen LogP contribution is -2.14. The van der Waals surface area contributed by atoms with Crippen molar-refractivity contribution in [1.82, 2.24) is 19.9 Å². The first-order valence-corrected chi connectivity index (χ1v) is 7.69. The number of nitrogens with zero attached hydrogens (tertiary/aromatic N) is 4. The number of anilines is 1. The van der Waals surface area contributed by atoms with Crippen LogP contribution in [0.5, 0.6) is 0 Å².